The summed E-state index contributed by atoms with van der Waals surface area (Å²) in [4.78, 5) is 16.1. The Hall–Kier alpha value is -2.03. The number of carbonyl (C=O) groups is 1. The van der Waals surface area contributed by atoms with Crippen molar-refractivity contribution in [2.24, 2.45) is 5.73 Å². The molecule has 2 aromatic rings. The number of hydrogen-bond acceptors (Lipinski definition) is 4. The van der Waals surface area contributed by atoms with Crippen LogP contribution in [0.25, 0.3) is 0 Å². The predicted molar refractivity (Wildman–Crippen MR) is 108 cm³/mol. The fourth-order valence-corrected chi connectivity index (χ4v) is 3.15. The van der Waals surface area contributed by atoms with Crippen LogP contribution in [-0.4, -0.2) is 23.0 Å². The quantitative estimate of drug-likeness (QED) is 0.688. The van der Waals surface area contributed by atoms with Crippen molar-refractivity contribution in [3.8, 4) is 11.6 Å². The summed E-state index contributed by atoms with van der Waals surface area (Å²) in [5, 5.41) is 3.02. The van der Waals surface area contributed by atoms with Gasteiger partial charge in [0.1, 0.15) is 5.75 Å². The van der Waals surface area contributed by atoms with E-state index in [1.54, 1.807) is 24.3 Å². The molecular weight excluding hydrogens is 430 g/mol. The zero-order valence-electron chi connectivity index (χ0n) is 15.4. The van der Waals surface area contributed by atoms with Gasteiger partial charge in [-0.05, 0) is 43.2 Å². The molecule has 0 aliphatic heterocycles. The second kappa shape index (κ2) is 10.1. The number of amides is 1. The summed E-state index contributed by atoms with van der Waals surface area (Å²) in [6.07, 6.45) is 0.104. The molecule has 0 atom stereocenters. The molecule has 0 unspecified atom stereocenters. The highest BCUT2D eigenvalue weighted by Gasteiger charge is 2.34. The fraction of sp³-hybridized carbons (Fsp3) is 0.368. The Morgan fingerprint density at radius 2 is 1.72 bits per heavy atom. The Balaban J connectivity index is 0.00000210. The topological polar surface area (TPSA) is 77.2 Å². The molecule has 1 fully saturated rings. The molecule has 1 aromatic carbocycles. The second-order valence-corrected chi connectivity index (χ2v) is 6.65. The number of ether oxygens (including phenoxy) is 1. The third-order valence-corrected chi connectivity index (χ3v) is 4.73. The first-order chi connectivity index (χ1) is 12.8. The Kier molecular flexibility index (Phi) is 8.74. The number of nitrogens with one attached hydrogen (secondary N) is 1. The van der Waals surface area contributed by atoms with Gasteiger partial charge in [0.15, 0.2) is 0 Å². The number of nitrogens with zero attached hydrogens (tertiary/aromatic N) is 1. The summed E-state index contributed by atoms with van der Waals surface area (Å²) in [5.41, 5.74) is 5.11. The van der Waals surface area contributed by atoms with Crippen LogP contribution in [0.5, 0.6) is 11.6 Å². The third kappa shape index (κ3) is 6.22. The summed E-state index contributed by atoms with van der Waals surface area (Å²) in [6, 6.07) is 8.37. The van der Waals surface area contributed by atoms with Crippen LogP contribution in [0.1, 0.15) is 41.6 Å². The average Bonchev–Trinajstić information content (AvgIpc) is 3.11. The molecule has 1 aromatic heterocycles. The number of halogens is 5. The van der Waals surface area contributed by atoms with Crippen LogP contribution >= 0.6 is 24.8 Å². The van der Waals surface area contributed by atoms with E-state index in [4.69, 9.17) is 10.5 Å². The molecule has 0 bridgehead atoms. The molecule has 1 amide bonds. The van der Waals surface area contributed by atoms with Crippen LogP contribution < -0.4 is 15.8 Å². The van der Waals surface area contributed by atoms with Crippen molar-refractivity contribution in [3.05, 3.63) is 53.7 Å². The first kappa shape index (κ1) is 25.0. The standard InChI is InChI=1S/C19H20F3N3O2.2ClH/c20-19(21,22)14-5-8-16(24-11-14)27-15-6-3-13(4-7-15)17(26)25-18(12-23)9-1-2-10-18;;/h3-8,11H,1-2,9-10,12,23H2,(H,25,26);2*1H. The van der Waals surface area contributed by atoms with Gasteiger partial charge in [-0.15, -0.1) is 24.8 Å². The van der Waals surface area contributed by atoms with E-state index in [0.717, 1.165) is 37.8 Å². The predicted octanol–water partition coefficient (Wildman–Crippen LogP) is 4.74. The van der Waals surface area contributed by atoms with Crippen molar-refractivity contribution in [3.63, 3.8) is 0 Å². The fourth-order valence-electron chi connectivity index (χ4n) is 3.15. The molecule has 0 saturated heterocycles. The smallest absolute Gasteiger partial charge is 0.417 e. The van der Waals surface area contributed by atoms with Gasteiger partial charge in [0.05, 0.1) is 11.1 Å². The average molecular weight is 452 g/mol. The highest BCUT2D eigenvalue weighted by molar-refractivity contribution is 5.94. The van der Waals surface area contributed by atoms with Gasteiger partial charge in [0.25, 0.3) is 5.91 Å². The van der Waals surface area contributed by atoms with Crippen LogP contribution in [0.3, 0.4) is 0 Å². The molecule has 1 saturated carbocycles. The number of carbonyl (C=O) groups excluding carboxylic acids is 1. The summed E-state index contributed by atoms with van der Waals surface area (Å²) >= 11 is 0. The third-order valence-electron chi connectivity index (χ3n) is 4.73. The maximum absolute atomic E-state index is 12.5. The molecule has 1 heterocycles. The molecule has 160 valence electrons. The van der Waals surface area contributed by atoms with Gasteiger partial charge in [0.2, 0.25) is 5.88 Å². The minimum Gasteiger partial charge on any atom is -0.439 e. The van der Waals surface area contributed by atoms with Crippen molar-refractivity contribution in [1.82, 2.24) is 10.3 Å². The lowest BCUT2D eigenvalue weighted by atomic mass is 9.97. The number of nitrogens with two attached hydrogens (primary N) is 1. The molecule has 10 heteroatoms. The maximum atomic E-state index is 12.5. The molecule has 5 nitrogen and oxygen atoms in total. The number of aromatic nitrogens is 1. The van der Waals surface area contributed by atoms with Gasteiger partial charge in [-0.25, -0.2) is 4.98 Å². The van der Waals surface area contributed by atoms with Crippen LogP contribution in [-0.2, 0) is 6.18 Å². The van der Waals surface area contributed by atoms with Gasteiger partial charge >= 0.3 is 6.18 Å². The number of benzene rings is 1. The van der Waals surface area contributed by atoms with Crippen molar-refractivity contribution >= 4 is 30.7 Å². The van der Waals surface area contributed by atoms with Crippen LogP contribution in [0.2, 0.25) is 0 Å². The molecule has 3 rings (SSSR count). The number of alkyl halides is 3. The SMILES string of the molecule is Cl.Cl.NCC1(NC(=O)c2ccc(Oc3ccc(C(F)(F)F)cn3)cc2)CCCC1. The Bertz CT molecular complexity index is 794. The van der Waals surface area contributed by atoms with Crippen molar-refractivity contribution in [2.45, 2.75) is 37.4 Å². The molecular formula is C19H22Cl2F3N3O2. The number of hydrogen-bond donors (Lipinski definition) is 2. The minimum absolute atomic E-state index is 0. The molecule has 0 spiro atoms. The van der Waals surface area contributed by atoms with Gasteiger partial charge in [-0.1, -0.05) is 12.8 Å². The molecule has 1 aliphatic rings. The second-order valence-electron chi connectivity index (χ2n) is 6.65. The van der Waals surface area contributed by atoms with Crippen LogP contribution in [0.4, 0.5) is 13.2 Å². The molecule has 1 aliphatic carbocycles. The molecule has 3 N–H and O–H groups in total. The van der Waals surface area contributed by atoms with Crippen molar-refractivity contribution in [2.75, 3.05) is 6.54 Å². The van der Waals surface area contributed by atoms with E-state index in [-0.39, 0.29) is 42.1 Å². The zero-order valence-corrected chi connectivity index (χ0v) is 17.0. The lowest BCUT2D eigenvalue weighted by Gasteiger charge is -2.28. The lowest BCUT2D eigenvalue weighted by Crippen LogP contribution is -2.51. The van der Waals surface area contributed by atoms with Gasteiger partial charge < -0.3 is 15.8 Å². The Morgan fingerprint density at radius 1 is 1.10 bits per heavy atom. The largest absolute Gasteiger partial charge is 0.439 e. The van der Waals surface area contributed by atoms with Crippen molar-refractivity contribution in [1.29, 1.82) is 0 Å². The van der Waals surface area contributed by atoms with E-state index in [9.17, 15) is 18.0 Å². The highest BCUT2D eigenvalue weighted by Crippen LogP contribution is 2.31. The molecule has 29 heavy (non-hydrogen) atoms. The zero-order chi connectivity index (χ0) is 19.5. The lowest BCUT2D eigenvalue weighted by molar-refractivity contribution is -0.137. The minimum atomic E-state index is -4.44. The Labute approximate surface area is 179 Å². The summed E-state index contributed by atoms with van der Waals surface area (Å²) in [5.74, 6) is 0.197. The maximum Gasteiger partial charge on any atom is 0.417 e. The van der Waals surface area contributed by atoms with E-state index < -0.39 is 11.7 Å². The summed E-state index contributed by atoms with van der Waals surface area (Å²) < 4.78 is 43.0. The van der Waals surface area contributed by atoms with Crippen LogP contribution in [0, 0.1) is 0 Å². The monoisotopic (exact) mass is 451 g/mol. The van der Waals surface area contributed by atoms with E-state index in [2.05, 4.69) is 10.3 Å². The van der Waals surface area contributed by atoms with E-state index in [1.807, 2.05) is 0 Å². The van der Waals surface area contributed by atoms with Crippen molar-refractivity contribution < 1.29 is 22.7 Å². The molecule has 0 radical (unpaired) electrons. The van der Waals surface area contributed by atoms with E-state index >= 15 is 0 Å². The first-order valence-corrected chi connectivity index (χ1v) is 8.65. The van der Waals surface area contributed by atoms with E-state index in [0.29, 0.717) is 24.1 Å². The first-order valence-electron chi connectivity index (χ1n) is 8.65. The van der Waals surface area contributed by atoms with Gasteiger partial charge in [0, 0.05) is 24.4 Å². The number of pyridine rings is 1. The van der Waals surface area contributed by atoms with Crippen LogP contribution in [0.15, 0.2) is 42.6 Å². The normalized spacial score (nSPS) is 15.0. The Morgan fingerprint density at radius 3 is 2.21 bits per heavy atom. The van der Waals surface area contributed by atoms with Gasteiger partial charge in [-0.2, -0.15) is 13.2 Å². The summed E-state index contributed by atoms with van der Waals surface area (Å²) in [6.45, 7) is 0.402. The van der Waals surface area contributed by atoms with Gasteiger partial charge in [-0.3, -0.25) is 4.79 Å². The summed E-state index contributed by atoms with van der Waals surface area (Å²) in [7, 11) is 0. The number of rotatable bonds is 5. The van der Waals surface area contributed by atoms with E-state index in [1.165, 1.54) is 0 Å². The highest BCUT2D eigenvalue weighted by atomic mass is 35.5.